The van der Waals surface area contributed by atoms with Crippen LogP contribution in [0.25, 0.3) is 0 Å². The topological polar surface area (TPSA) is 58.6 Å². The molecule has 1 spiro atoms. The first-order valence-electron chi connectivity index (χ1n) is 10.2. The van der Waals surface area contributed by atoms with E-state index in [1.165, 1.54) is 50.2 Å². The molecule has 1 amide bonds. The highest BCUT2D eigenvalue weighted by Gasteiger charge is 2.46. The number of hydrogen-bond acceptors (Lipinski definition) is 5. The number of hydrogen-bond donors (Lipinski definition) is 0. The van der Waals surface area contributed by atoms with E-state index < -0.39 is 5.82 Å². The van der Waals surface area contributed by atoms with Gasteiger partial charge in [0.1, 0.15) is 17.9 Å². The summed E-state index contributed by atoms with van der Waals surface area (Å²) in [5.74, 6) is 0.733. The van der Waals surface area contributed by atoms with Gasteiger partial charge in [0.2, 0.25) is 0 Å². The van der Waals surface area contributed by atoms with E-state index in [9.17, 15) is 9.18 Å². The molecule has 6 nitrogen and oxygen atoms in total. The predicted molar refractivity (Wildman–Crippen MR) is 109 cm³/mol. The number of ether oxygens (including phenoxy) is 1. The van der Waals surface area contributed by atoms with E-state index in [0.717, 1.165) is 18.9 Å². The quantitative estimate of drug-likeness (QED) is 0.753. The molecule has 1 aliphatic heterocycles. The molecule has 2 aromatic rings. The van der Waals surface area contributed by atoms with Gasteiger partial charge in [0.15, 0.2) is 11.6 Å². The highest BCUT2D eigenvalue weighted by Crippen LogP contribution is 2.48. The monoisotopic (exact) mass is 398 g/mol. The average Bonchev–Trinajstić information content (AvgIpc) is 3.18. The number of amides is 1. The Labute approximate surface area is 170 Å². The Bertz CT molecular complexity index is 903. The molecule has 154 valence electrons. The summed E-state index contributed by atoms with van der Waals surface area (Å²) < 4.78 is 20.0. The van der Waals surface area contributed by atoms with Gasteiger partial charge in [0.05, 0.1) is 11.8 Å². The van der Waals surface area contributed by atoms with Crippen LogP contribution < -0.4 is 9.64 Å². The highest BCUT2D eigenvalue weighted by atomic mass is 19.1. The Hall–Kier alpha value is -2.70. The number of halogens is 1. The summed E-state index contributed by atoms with van der Waals surface area (Å²) in [6.45, 7) is 5.74. The largest absolute Gasteiger partial charge is 0.451 e. The second kappa shape index (κ2) is 7.61. The molecule has 1 aromatic carbocycles. The highest BCUT2D eigenvalue weighted by molar-refractivity contribution is 5.97. The standard InChI is InChI=1S/C22H27FN4O2/c1-15(2)26(3)21(28)17-10-16(23)6-7-18(17)29-19-11-24-14-25-20(19)27-12-22(13-27)8-4-5-9-22/h6-7,10-11,14-15H,4-5,8-9,12-13H2,1-3H3. The first-order valence-corrected chi connectivity index (χ1v) is 10.2. The second-order valence-corrected chi connectivity index (χ2v) is 8.53. The summed E-state index contributed by atoms with van der Waals surface area (Å²) >= 11 is 0. The number of rotatable bonds is 5. The van der Waals surface area contributed by atoms with Crippen molar-refractivity contribution in [2.45, 2.75) is 45.6 Å². The van der Waals surface area contributed by atoms with E-state index in [0.29, 0.717) is 16.9 Å². The maximum Gasteiger partial charge on any atom is 0.257 e. The van der Waals surface area contributed by atoms with Crippen molar-refractivity contribution in [1.29, 1.82) is 0 Å². The molecule has 0 unspecified atom stereocenters. The average molecular weight is 398 g/mol. The van der Waals surface area contributed by atoms with Crippen LogP contribution >= 0.6 is 0 Å². The van der Waals surface area contributed by atoms with Crippen LogP contribution in [0.3, 0.4) is 0 Å². The molecular weight excluding hydrogens is 371 g/mol. The van der Waals surface area contributed by atoms with Gasteiger partial charge in [-0.1, -0.05) is 12.8 Å². The molecule has 1 saturated heterocycles. The van der Waals surface area contributed by atoms with E-state index >= 15 is 0 Å². The van der Waals surface area contributed by atoms with Gasteiger partial charge in [0, 0.05) is 31.6 Å². The SMILES string of the molecule is CC(C)N(C)C(=O)c1cc(F)ccc1Oc1cncnc1N1CC2(CCCC2)C1. The van der Waals surface area contributed by atoms with Gasteiger partial charge in [-0.15, -0.1) is 0 Å². The molecule has 1 aliphatic carbocycles. The van der Waals surface area contributed by atoms with E-state index in [-0.39, 0.29) is 17.5 Å². The molecule has 4 rings (SSSR count). The van der Waals surface area contributed by atoms with Crippen LogP contribution in [0, 0.1) is 11.2 Å². The van der Waals surface area contributed by atoms with Gasteiger partial charge in [-0.05, 0) is 44.9 Å². The second-order valence-electron chi connectivity index (χ2n) is 8.53. The molecule has 2 aliphatic rings. The third-order valence-electron chi connectivity index (χ3n) is 6.16. The maximum absolute atomic E-state index is 13.9. The fourth-order valence-electron chi connectivity index (χ4n) is 4.28. The maximum atomic E-state index is 13.9. The van der Waals surface area contributed by atoms with E-state index in [1.807, 2.05) is 13.8 Å². The molecule has 7 heteroatoms. The van der Waals surface area contributed by atoms with E-state index in [2.05, 4.69) is 14.9 Å². The van der Waals surface area contributed by atoms with Gasteiger partial charge in [-0.2, -0.15) is 0 Å². The Morgan fingerprint density at radius 3 is 2.66 bits per heavy atom. The minimum atomic E-state index is -0.478. The summed E-state index contributed by atoms with van der Waals surface area (Å²) in [4.78, 5) is 25.1. The molecule has 2 heterocycles. The molecule has 0 bridgehead atoms. The lowest BCUT2D eigenvalue weighted by atomic mass is 9.78. The first-order chi connectivity index (χ1) is 13.9. The lowest BCUT2D eigenvalue weighted by molar-refractivity contribution is 0.0751. The summed E-state index contributed by atoms with van der Waals surface area (Å²) in [6, 6.07) is 3.99. The summed E-state index contributed by atoms with van der Waals surface area (Å²) in [6.07, 6.45) is 8.24. The number of aromatic nitrogens is 2. The minimum absolute atomic E-state index is 0.0158. The lowest BCUT2D eigenvalue weighted by Crippen LogP contribution is -2.55. The van der Waals surface area contributed by atoms with Crippen LogP contribution in [0.2, 0.25) is 0 Å². The summed E-state index contributed by atoms with van der Waals surface area (Å²) in [7, 11) is 1.69. The van der Waals surface area contributed by atoms with Crippen LogP contribution in [-0.4, -0.2) is 47.0 Å². The van der Waals surface area contributed by atoms with Gasteiger partial charge < -0.3 is 14.5 Å². The van der Waals surface area contributed by atoms with Gasteiger partial charge in [-0.25, -0.2) is 14.4 Å². The van der Waals surface area contributed by atoms with E-state index in [4.69, 9.17) is 4.74 Å². The molecular formula is C22H27FN4O2. The van der Waals surface area contributed by atoms with Crippen molar-refractivity contribution in [3.05, 3.63) is 42.1 Å². The van der Waals surface area contributed by atoms with Crippen LogP contribution in [0.15, 0.2) is 30.7 Å². The number of anilines is 1. The molecule has 0 atom stereocenters. The van der Waals surface area contributed by atoms with Crippen molar-refractivity contribution in [1.82, 2.24) is 14.9 Å². The molecule has 1 saturated carbocycles. The smallest absolute Gasteiger partial charge is 0.257 e. The molecule has 2 fully saturated rings. The number of benzene rings is 1. The third kappa shape index (κ3) is 3.78. The zero-order valence-corrected chi connectivity index (χ0v) is 17.2. The van der Waals surface area contributed by atoms with Crippen molar-refractivity contribution in [2.75, 3.05) is 25.0 Å². The Kier molecular flexibility index (Phi) is 5.15. The fourth-order valence-corrected chi connectivity index (χ4v) is 4.28. The molecule has 29 heavy (non-hydrogen) atoms. The predicted octanol–water partition coefficient (Wildman–Crippen LogP) is 4.27. The van der Waals surface area contributed by atoms with Crippen LogP contribution in [-0.2, 0) is 0 Å². The molecule has 0 N–H and O–H groups in total. The third-order valence-corrected chi connectivity index (χ3v) is 6.16. The van der Waals surface area contributed by atoms with Crippen molar-refractivity contribution >= 4 is 11.7 Å². The summed E-state index contributed by atoms with van der Waals surface area (Å²) in [5.41, 5.74) is 0.603. The van der Waals surface area contributed by atoms with Crippen LogP contribution in [0.5, 0.6) is 11.5 Å². The van der Waals surface area contributed by atoms with Crippen LogP contribution in [0.1, 0.15) is 49.9 Å². The lowest BCUT2D eigenvalue weighted by Gasteiger charge is -2.49. The minimum Gasteiger partial charge on any atom is -0.451 e. The Balaban J connectivity index is 1.60. The number of carbonyl (C=O) groups is 1. The van der Waals surface area contributed by atoms with E-state index in [1.54, 1.807) is 18.1 Å². The van der Waals surface area contributed by atoms with Crippen LogP contribution in [0.4, 0.5) is 10.2 Å². The van der Waals surface area contributed by atoms with Gasteiger partial charge >= 0.3 is 0 Å². The Morgan fingerprint density at radius 2 is 1.97 bits per heavy atom. The van der Waals surface area contributed by atoms with Crippen molar-refractivity contribution in [2.24, 2.45) is 5.41 Å². The first kappa shape index (κ1) is 19.6. The number of carbonyl (C=O) groups excluding carboxylic acids is 1. The Morgan fingerprint density at radius 1 is 1.24 bits per heavy atom. The molecule has 0 radical (unpaired) electrons. The van der Waals surface area contributed by atoms with Crippen molar-refractivity contribution < 1.29 is 13.9 Å². The number of nitrogens with zero attached hydrogens (tertiary/aromatic N) is 4. The summed E-state index contributed by atoms with van der Waals surface area (Å²) in [5, 5.41) is 0. The van der Waals surface area contributed by atoms with Gasteiger partial charge in [0.25, 0.3) is 5.91 Å². The molecule has 1 aromatic heterocycles. The normalized spacial score (nSPS) is 17.5. The fraction of sp³-hybridized carbons (Fsp3) is 0.500. The zero-order chi connectivity index (χ0) is 20.6. The van der Waals surface area contributed by atoms with Crippen molar-refractivity contribution in [3.8, 4) is 11.5 Å². The van der Waals surface area contributed by atoms with Crippen molar-refractivity contribution in [3.63, 3.8) is 0 Å². The van der Waals surface area contributed by atoms with Gasteiger partial charge in [-0.3, -0.25) is 4.79 Å². The zero-order valence-electron chi connectivity index (χ0n) is 17.2.